The zero-order valence-corrected chi connectivity index (χ0v) is 11.2. The van der Waals surface area contributed by atoms with Gasteiger partial charge in [0.15, 0.2) is 0 Å². The Morgan fingerprint density at radius 2 is 1.95 bits per heavy atom. The first-order valence-electron chi connectivity index (χ1n) is 6.45. The lowest BCUT2D eigenvalue weighted by Crippen LogP contribution is -2.18. The van der Waals surface area contributed by atoms with Crippen LogP contribution in [0, 0.1) is 0 Å². The number of hydrogen-bond donors (Lipinski definition) is 1. The number of nitrogens with two attached hydrogens (primary N) is 1. The van der Waals surface area contributed by atoms with Crippen molar-refractivity contribution < 1.29 is 13.2 Å². The molecule has 0 aliphatic carbocycles. The van der Waals surface area contributed by atoms with E-state index >= 15 is 0 Å². The van der Waals surface area contributed by atoms with E-state index in [2.05, 4.69) is 9.97 Å². The fourth-order valence-electron chi connectivity index (χ4n) is 2.62. The van der Waals surface area contributed by atoms with Crippen LogP contribution in [0.4, 0.5) is 19.1 Å². The lowest BCUT2D eigenvalue weighted by Gasteiger charge is -2.18. The summed E-state index contributed by atoms with van der Waals surface area (Å²) in [4.78, 5) is 8.37. The lowest BCUT2D eigenvalue weighted by atomic mass is 10.1. The van der Waals surface area contributed by atoms with Crippen LogP contribution in [0.1, 0.15) is 19.4 Å². The Balaban J connectivity index is 2.26. The summed E-state index contributed by atoms with van der Waals surface area (Å²) in [6, 6.07) is 6.41. The first kappa shape index (κ1) is 13.7. The third-order valence-electron chi connectivity index (χ3n) is 3.42. The highest BCUT2D eigenvalue weighted by molar-refractivity contribution is 6.03. The van der Waals surface area contributed by atoms with E-state index in [9.17, 15) is 13.2 Å². The number of pyridine rings is 1. The van der Waals surface area contributed by atoms with Crippen molar-refractivity contribution in [1.29, 1.82) is 0 Å². The molecule has 2 heterocycles. The molecule has 2 N–H and O–H groups in total. The molecule has 4 nitrogen and oxygen atoms in total. The van der Waals surface area contributed by atoms with Gasteiger partial charge in [-0.3, -0.25) is 4.98 Å². The van der Waals surface area contributed by atoms with Gasteiger partial charge in [-0.25, -0.2) is 4.98 Å². The molecule has 1 atom stereocenters. The van der Waals surface area contributed by atoms with Gasteiger partial charge in [0.25, 0.3) is 0 Å². The fourth-order valence-corrected chi connectivity index (χ4v) is 2.62. The van der Waals surface area contributed by atoms with Crippen LogP contribution in [-0.4, -0.2) is 20.7 Å². The van der Waals surface area contributed by atoms with Crippen molar-refractivity contribution in [3.63, 3.8) is 0 Å². The lowest BCUT2D eigenvalue weighted by molar-refractivity contribution is -0.141. The maximum atomic E-state index is 12.7. The van der Waals surface area contributed by atoms with Crippen molar-refractivity contribution >= 4 is 27.9 Å². The van der Waals surface area contributed by atoms with E-state index in [1.54, 1.807) is 6.07 Å². The molecule has 0 fully saturated rings. The third kappa shape index (κ3) is 2.39. The number of nitrogen functional groups attached to an aromatic ring is 1. The van der Waals surface area contributed by atoms with Gasteiger partial charge in [-0.05, 0) is 13.0 Å². The molecule has 0 aliphatic heterocycles. The van der Waals surface area contributed by atoms with Gasteiger partial charge in [-0.2, -0.15) is 13.2 Å². The molecule has 0 saturated carbocycles. The Bertz CT molecular complexity index is 807. The summed E-state index contributed by atoms with van der Waals surface area (Å²) in [5.41, 5.74) is 7.61. The van der Waals surface area contributed by atoms with Crippen molar-refractivity contribution in [2.75, 3.05) is 5.73 Å². The zero-order chi connectivity index (χ0) is 15.2. The number of imidazole rings is 1. The summed E-state index contributed by atoms with van der Waals surface area (Å²) in [5.74, 6) is 0.0694. The maximum absolute atomic E-state index is 12.7. The molecule has 7 heteroatoms. The molecule has 110 valence electrons. The number of fused-ring (bicyclic) bond motifs is 3. The van der Waals surface area contributed by atoms with E-state index in [-0.39, 0.29) is 5.95 Å². The molecule has 21 heavy (non-hydrogen) atoms. The van der Waals surface area contributed by atoms with Crippen molar-refractivity contribution in [2.45, 2.75) is 25.6 Å². The first-order chi connectivity index (χ1) is 9.87. The van der Waals surface area contributed by atoms with E-state index in [0.717, 1.165) is 5.39 Å². The molecule has 3 aromatic rings. The second kappa shape index (κ2) is 4.61. The largest absolute Gasteiger partial charge is 0.391 e. The highest BCUT2D eigenvalue weighted by Gasteiger charge is 2.32. The van der Waals surface area contributed by atoms with Crippen LogP contribution in [0.5, 0.6) is 0 Å². The number of alkyl halides is 3. The van der Waals surface area contributed by atoms with Crippen molar-refractivity contribution in [1.82, 2.24) is 14.5 Å². The summed E-state index contributed by atoms with van der Waals surface area (Å²) >= 11 is 0. The Morgan fingerprint density at radius 3 is 2.67 bits per heavy atom. The number of rotatable bonds is 2. The highest BCUT2D eigenvalue weighted by atomic mass is 19.4. The van der Waals surface area contributed by atoms with Gasteiger partial charge in [0, 0.05) is 11.4 Å². The summed E-state index contributed by atoms with van der Waals surface area (Å²) in [6.45, 7) is 1.49. The average molecular weight is 294 g/mol. The number of halogens is 3. The summed E-state index contributed by atoms with van der Waals surface area (Å²) in [7, 11) is 0. The van der Waals surface area contributed by atoms with Crippen LogP contribution in [0.25, 0.3) is 21.9 Å². The average Bonchev–Trinajstić information content (AvgIpc) is 2.73. The fraction of sp³-hybridized carbons (Fsp3) is 0.286. The third-order valence-corrected chi connectivity index (χ3v) is 3.42. The predicted molar refractivity (Wildman–Crippen MR) is 74.8 cm³/mol. The minimum Gasteiger partial charge on any atom is -0.369 e. The molecule has 0 saturated heterocycles. The van der Waals surface area contributed by atoms with Gasteiger partial charge in [0.05, 0.1) is 23.7 Å². The van der Waals surface area contributed by atoms with Crippen molar-refractivity contribution in [2.24, 2.45) is 0 Å². The van der Waals surface area contributed by atoms with Crippen LogP contribution in [0.3, 0.4) is 0 Å². The molecule has 0 bridgehead atoms. The van der Waals surface area contributed by atoms with E-state index in [1.807, 2.05) is 18.2 Å². The number of benzene rings is 1. The molecule has 0 radical (unpaired) electrons. The number of aromatic nitrogens is 3. The van der Waals surface area contributed by atoms with Crippen molar-refractivity contribution in [3.05, 3.63) is 30.5 Å². The summed E-state index contributed by atoms with van der Waals surface area (Å²) in [6.07, 6.45) is -3.69. The highest BCUT2D eigenvalue weighted by Crippen LogP contribution is 2.33. The number of hydrogen-bond acceptors (Lipinski definition) is 3. The molecule has 0 amide bonds. The summed E-state index contributed by atoms with van der Waals surface area (Å²) in [5, 5.41) is 0.744. The van der Waals surface area contributed by atoms with Crippen LogP contribution in [-0.2, 0) is 0 Å². The molecule has 1 unspecified atom stereocenters. The second-order valence-corrected chi connectivity index (χ2v) is 5.02. The van der Waals surface area contributed by atoms with Crippen LogP contribution < -0.4 is 5.73 Å². The topological polar surface area (TPSA) is 56.7 Å². The Labute approximate surface area is 118 Å². The SMILES string of the molecule is CC(CC(F)(F)F)n1c(N)nc2cnc3ccccc3c21. The number of nitrogens with zero attached hydrogens (tertiary/aromatic N) is 3. The monoisotopic (exact) mass is 294 g/mol. The Hall–Kier alpha value is -2.31. The van der Waals surface area contributed by atoms with Crippen molar-refractivity contribution in [3.8, 4) is 0 Å². The van der Waals surface area contributed by atoms with E-state index in [4.69, 9.17) is 5.73 Å². The molecule has 0 aliphatic rings. The first-order valence-corrected chi connectivity index (χ1v) is 6.45. The Morgan fingerprint density at radius 1 is 1.24 bits per heavy atom. The van der Waals surface area contributed by atoms with Crippen LogP contribution >= 0.6 is 0 Å². The van der Waals surface area contributed by atoms with Crippen LogP contribution in [0.2, 0.25) is 0 Å². The van der Waals surface area contributed by atoms with E-state index < -0.39 is 18.6 Å². The predicted octanol–water partition coefficient (Wildman–Crippen LogP) is 3.68. The van der Waals surface area contributed by atoms with Gasteiger partial charge in [-0.15, -0.1) is 0 Å². The van der Waals surface area contributed by atoms with E-state index in [0.29, 0.717) is 16.6 Å². The van der Waals surface area contributed by atoms with Gasteiger partial charge in [0.2, 0.25) is 5.95 Å². The molecule has 1 aromatic carbocycles. The van der Waals surface area contributed by atoms with E-state index in [1.165, 1.54) is 17.7 Å². The quantitative estimate of drug-likeness (QED) is 0.784. The minimum atomic E-state index is -4.26. The molecule has 2 aromatic heterocycles. The molecule has 0 spiro atoms. The zero-order valence-electron chi connectivity index (χ0n) is 11.2. The Kier molecular flexibility index (Phi) is 3.00. The number of para-hydroxylation sites is 1. The number of anilines is 1. The van der Waals surface area contributed by atoms with Gasteiger partial charge in [-0.1, -0.05) is 18.2 Å². The normalized spacial score (nSPS) is 13.9. The van der Waals surface area contributed by atoms with Gasteiger partial charge in [0.1, 0.15) is 5.52 Å². The minimum absolute atomic E-state index is 0.0694. The van der Waals surface area contributed by atoms with Crippen LogP contribution in [0.15, 0.2) is 30.5 Å². The standard InChI is InChI=1S/C14H13F3N4/c1-8(6-14(15,16)17)21-12-9-4-2-3-5-10(9)19-7-11(12)20-13(21)18/h2-5,7-8H,6H2,1H3,(H2,18,20). The molecular formula is C14H13F3N4. The molecule has 3 rings (SSSR count). The smallest absolute Gasteiger partial charge is 0.369 e. The second-order valence-electron chi connectivity index (χ2n) is 5.02. The van der Waals surface area contributed by atoms with Gasteiger partial charge >= 0.3 is 6.18 Å². The maximum Gasteiger partial charge on any atom is 0.391 e. The van der Waals surface area contributed by atoms with Gasteiger partial charge < -0.3 is 10.3 Å². The summed E-state index contributed by atoms with van der Waals surface area (Å²) < 4.78 is 39.4. The molecular weight excluding hydrogens is 281 g/mol.